The van der Waals surface area contributed by atoms with Gasteiger partial charge in [-0.25, -0.2) is 0 Å². The average Bonchev–Trinajstić information content (AvgIpc) is 3.19. The first-order valence-electron chi connectivity index (χ1n) is 12.4. The van der Waals surface area contributed by atoms with Crippen LogP contribution in [0.1, 0.15) is 44.6 Å². The second-order valence-electron chi connectivity index (χ2n) is 10.00. The van der Waals surface area contributed by atoms with E-state index in [1.54, 1.807) is 24.3 Å². The lowest BCUT2D eigenvalue weighted by Gasteiger charge is -2.54. The van der Waals surface area contributed by atoms with Gasteiger partial charge in [-0.2, -0.15) is 0 Å². The number of alkyl halides is 2. The maximum absolute atomic E-state index is 13.8. The Morgan fingerprint density at radius 3 is 1.68 bits per heavy atom. The molecule has 3 aromatic carbocycles. The molecule has 2 amide bonds. The van der Waals surface area contributed by atoms with Crippen molar-refractivity contribution in [3.63, 3.8) is 0 Å². The van der Waals surface area contributed by atoms with Gasteiger partial charge in [0.1, 0.15) is 9.75 Å². The van der Waals surface area contributed by atoms with Crippen LogP contribution in [0.15, 0.2) is 72.8 Å². The highest BCUT2D eigenvalue weighted by Crippen LogP contribution is 2.69. The number of amides is 2. The summed E-state index contributed by atoms with van der Waals surface area (Å²) < 4.78 is 5.14. The molecule has 2 bridgehead atoms. The first-order chi connectivity index (χ1) is 18.2. The summed E-state index contributed by atoms with van der Waals surface area (Å²) in [5.41, 5.74) is 4.31. The number of aryl methyl sites for hydroxylation is 1. The molecule has 3 aromatic rings. The van der Waals surface area contributed by atoms with Gasteiger partial charge in [0.2, 0.25) is 11.8 Å². The normalized spacial score (nSPS) is 26.6. The van der Waals surface area contributed by atoms with Gasteiger partial charge >= 0.3 is 5.97 Å². The van der Waals surface area contributed by atoms with Crippen molar-refractivity contribution in [2.45, 2.75) is 23.1 Å². The van der Waals surface area contributed by atoms with Crippen molar-refractivity contribution in [2.24, 2.45) is 11.8 Å². The predicted molar refractivity (Wildman–Crippen MR) is 141 cm³/mol. The van der Waals surface area contributed by atoms with Crippen LogP contribution in [0.2, 0.25) is 0 Å². The molecule has 0 N–H and O–H groups in total. The number of hydrogen-bond acceptors (Lipinski definition) is 5. The van der Waals surface area contributed by atoms with E-state index < -0.39 is 46.0 Å². The molecule has 2 atom stereocenters. The molecule has 0 spiro atoms. The van der Waals surface area contributed by atoms with Crippen molar-refractivity contribution >= 4 is 46.8 Å². The number of esters is 1. The smallest absolute Gasteiger partial charge is 0.308 e. The van der Waals surface area contributed by atoms with E-state index in [1.807, 2.05) is 55.5 Å². The van der Waals surface area contributed by atoms with Crippen molar-refractivity contribution in [1.82, 2.24) is 4.90 Å². The molecule has 1 fully saturated rings. The molecule has 1 aliphatic heterocycles. The Bertz CT molecular complexity index is 1390. The quantitative estimate of drug-likeness (QED) is 0.193. The molecule has 192 valence electrons. The monoisotopic (exact) mass is 547 g/mol. The fourth-order valence-corrected chi connectivity index (χ4v) is 7.29. The number of likely N-dealkylation sites (tertiary alicyclic amines) is 1. The summed E-state index contributed by atoms with van der Waals surface area (Å²) in [6.07, 6.45) is -0.247. The minimum atomic E-state index is -1.27. The molecule has 1 heterocycles. The number of Topliss-reactive ketones (excluding diaryl/α,β-unsaturated/α-hetero) is 1. The molecule has 0 unspecified atom stereocenters. The van der Waals surface area contributed by atoms with Crippen LogP contribution in [0.5, 0.6) is 0 Å². The van der Waals surface area contributed by atoms with Gasteiger partial charge in [0, 0.05) is 12.1 Å². The van der Waals surface area contributed by atoms with Gasteiger partial charge in [-0.15, -0.1) is 23.2 Å². The predicted octanol–water partition coefficient (Wildman–Crippen LogP) is 4.70. The zero-order valence-electron chi connectivity index (χ0n) is 20.4. The maximum atomic E-state index is 13.8. The van der Waals surface area contributed by atoms with Crippen LogP contribution in [-0.4, -0.2) is 41.6 Å². The molecule has 8 heteroatoms. The third-order valence-electron chi connectivity index (χ3n) is 7.95. The van der Waals surface area contributed by atoms with E-state index in [4.69, 9.17) is 27.9 Å². The van der Waals surface area contributed by atoms with Gasteiger partial charge in [-0.3, -0.25) is 24.1 Å². The Morgan fingerprint density at radius 2 is 1.24 bits per heavy atom. The lowest BCUT2D eigenvalue weighted by Crippen LogP contribution is -2.57. The summed E-state index contributed by atoms with van der Waals surface area (Å²) >= 11 is 14.7. The van der Waals surface area contributed by atoms with E-state index in [2.05, 4.69) is 0 Å². The van der Waals surface area contributed by atoms with Crippen LogP contribution >= 0.6 is 23.2 Å². The van der Waals surface area contributed by atoms with Crippen LogP contribution in [0.25, 0.3) is 0 Å². The van der Waals surface area contributed by atoms with E-state index in [1.165, 1.54) is 0 Å². The summed E-state index contributed by atoms with van der Waals surface area (Å²) in [6.45, 7) is 1.30. The number of benzene rings is 3. The van der Waals surface area contributed by atoms with Gasteiger partial charge in [0.05, 0.1) is 18.3 Å². The van der Waals surface area contributed by atoms with Crippen LogP contribution in [0.3, 0.4) is 0 Å². The van der Waals surface area contributed by atoms with Gasteiger partial charge in [-0.05, 0) is 29.2 Å². The minimum Gasteiger partial charge on any atom is -0.457 e. The summed E-state index contributed by atoms with van der Waals surface area (Å²) in [5, 5.41) is 0. The molecule has 7 rings (SSSR count). The molecule has 0 aromatic heterocycles. The average molecular weight is 548 g/mol. The van der Waals surface area contributed by atoms with Gasteiger partial charge < -0.3 is 4.74 Å². The number of imide groups is 1. The molecule has 38 heavy (non-hydrogen) atoms. The lowest BCUT2D eigenvalue weighted by molar-refractivity contribution is -0.145. The molecule has 6 nitrogen and oxygen atoms in total. The Kier molecular flexibility index (Phi) is 5.74. The standard InChI is InChI=1S/C30H23Cl2NO5/c1-17-10-12-18(13-11-17)23(34)16-38-24(35)14-15-33-27(36)25-26(28(33)37)30(32)20-7-3-2-6-19(20)29(25,31)21-8-4-5-9-22(21)30/h2-13,25-26H,14-16H2,1H3/t25-,26-,29?,30?/m0/s1. The largest absolute Gasteiger partial charge is 0.457 e. The number of carbonyl (C=O) groups is 4. The van der Waals surface area contributed by atoms with Crippen molar-refractivity contribution in [3.05, 3.63) is 106 Å². The van der Waals surface area contributed by atoms with Gasteiger partial charge in [0.25, 0.3) is 0 Å². The van der Waals surface area contributed by atoms with Gasteiger partial charge in [0.15, 0.2) is 12.4 Å². The SMILES string of the molecule is Cc1ccc(C(=O)COC(=O)CCN2C(=O)[C@@H]3[C@@H](C2=O)C2(Cl)c4ccccc4C3(Cl)c3ccccc32)cc1. The molecule has 0 radical (unpaired) electrons. The Labute approximate surface area is 229 Å². The topological polar surface area (TPSA) is 80.8 Å². The maximum Gasteiger partial charge on any atom is 0.308 e. The van der Waals surface area contributed by atoms with Crippen molar-refractivity contribution in [2.75, 3.05) is 13.2 Å². The highest BCUT2D eigenvalue weighted by Gasteiger charge is 2.72. The molecular formula is C30H23Cl2NO5. The minimum absolute atomic E-state index is 0.186. The van der Waals surface area contributed by atoms with Crippen molar-refractivity contribution in [1.29, 1.82) is 0 Å². The van der Waals surface area contributed by atoms with Gasteiger partial charge in [-0.1, -0.05) is 78.4 Å². The first-order valence-corrected chi connectivity index (χ1v) is 13.1. The van der Waals surface area contributed by atoms with Crippen LogP contribution < -0.4 is 0 Å². The molecular weight excluding hydrogens is 525 g/mol. The van der Waals surface area contributed by atoms with Crippen LogP contribution in [0, 0.1) is 18.8 Å². The number of carbonyl (C=O) groups excluding carboxylic acids is 4. The van der Waals surface area contributed by atoms with E-state index >= 15 is 0 Å². The number of rotatable bonds is 6. The molecule has 1 saturated heterocycles. The number of ketones is 1. The lowest BCUT2D eigenvalue weighted by atomic mass is 9.54. The fourth-order valence-electron chi connectivity index (χ4n) is 6.19. The summed E-state index contributed by atoms with van der Waals surface area (Å²) in [4.78, 5) is 50.8. The van der Waals surface area contributed by atoms with Crippen LogP contribution in [-0.2, 0) is 28.9 Å². The number of hydrogen-bond donors (Lipinski definition) is 0. The number of halogens is 2. The first kappa shape index (κ1) is 24.8. The van der Waals surface area contributed by atoms with E-state index in [9.17, 15) is 19.2 Å². The summed E-state index contributed by atoms with van der Waals surface area (Å²) in [7, 11) is 0. The molecule has 4 aliphatic rings. The van der Waals surface area contributed by atoms with Crippen molar-refractivity contribution in [3.8, 4) is 0 Å². The summed E-state index contributed by atoms with van der Waals surface area (Å²) in [5.74, 6) is -3.79. The second-order valence-corrected chi connectivity index (χ2v) is 11.2. The fraction of sp³-hybridized carbons (Fsp3) is 0.267. The molecule has 0 saturated carbocycles. The van der Waals surface area contributed by atoms with Crippen LogP contribution in [0.4, 0.5) is 0 Å². The number of nitrogens with zero attached hydrogens (tertiary/aromatic N) is 1. The number of ether oxygens (including phenoxy) is 1. The van der Waals surface area contributed by atoms with Crippen molar-refractivity contribution < 1.29 is 23.9 Å². The highest BCUT2D eigenvalue weighted by molar-refractivity contribution is 6.36. The molecule has 3 aliphatic carbocycles. The Hall–Kier alpha value is -3.48. The Morgan fingerprint density at radius 1 is 0.789 bits per heavy atom. The van der Waals surface area contributed by atoms with E-state index in [-0.39, 0.29) is 18.7 Å². The second kappa shape index (κ2) is 8.79. The zero-order valence-corrected chi connectivity index (χ0v) is 22.0. The Balaban J connectivity index is 1.23. The van der Waals surface area contributed by atoms with E-state index in [0.29, 0.717) is 27.8 Å². The third-order valence-corrected chi connectivity index (χ3v) is 9.24. The summed E-state index contributed by atoms with van der Waals surface area (Å²) in [6, 6.07) is 21.7. The third kappa shape index (κ3) is 3.33. The highest BCUT2D eigenvalue weighted by atomic mass is 35.5. The van der Waals surface area contributed by atoms with E-state index in [0.717, 1.165) is 10.5 Å². The zero-order chi connectivity index (χ0) is 26.8.